The molecule has 9 heteroatoms. The molecule has 0 aromatic rings. The average molecular weight is 1140 g/mol. The maximum atomic E-state index is 13.1. The van der Waals surface area contributed by atoms with Crippen molar-refractivity contribution in [3.63, 3.8) is 0 Å². The predicted octanol–water partition coefficient (Wildman–Crippen LogP) is 21.1. The van der Waals surface area contributed by atoms with Gasteiger partial charge in [-0.3, -0.25) is 9.36 Å². The number of aliphatic hydroxyl groups is 1. The number of aliphatic hydroxyl groups excluding tert-OH is 1. The van der Waals surface area contributed by atoms with Gasteiger partial charge in [0, 0.05) is 6.42 Å². The lowest BCUT2D eigenvalue weighted by molar-refractivity contribution is -0.870. The van der Waals surface area contributed by atoms with Gasteiger partial charge in [-0.2, -0.15) is 0 Å². The van der Waals surface area contributed by atoms with Crippen LogP contribution in [0, 0.1) is 0 Å². The minimum absolute atomic E-state index is 0.0111. The molecule has 0 radical (unpaired) electrons. The van der Waals surface area contributed by atoms with Crippen molar-refractivity contribution in [2.24, 2.45) is 0 Å². The molecule has 0 aromatic heterocycles. The molecule has 8 nitrogen and oxygen atoms in total. The number of allylic oxidation sites excluding steroid dienone is 12. The van der Waals surface area contributed by atoms with Crippen LogP contribution in [-0.2, 0) is 18.4 Å². The summed E-state index contributed by atoms with van der Waals surface area (Å²) in [7, 11) is 1.31. The van der Waals surface area contributed by atoms with Crippen LogP contribution in [0.5, 0.6) is 0 Å². The van der Waals surface area contributed by atoms with Crippen molar-refractivity contribution >= 4 is 13.7 Å². The van der Waals surface area contributed by atoms with Gasteiger partial charge in [-0.1, -0.05) is 324 Å². The topological polar surface area (TPSA) is 108 Å². The number of hydrogen-bond acceptors (Lipinski definition) is 6. The average Bonchev–Trinajstić information content (AvgIpc) is 3.42. The number of nitrogens with zero attached hydrogens (tertiary/aromatic N) is 1. The summed E-state index contributed by atoms with van der Waals surface area (Å²) in [5.41, 5.74) is 0. The fourth-order valence-electron chi connectivity index (χ4n) is 10.2. The maximum Gasteiger partial charge on any atom is 0.268 e. The van der Waals surface area contributed by atoms with E-state index in [0.29, 0.717) is 23.9 Å². The normalized spacial score (nSPS) is 14.1. The molecule has 80 heavy (non-hydrogen) atoms. The fraction of sp³-hybridized carbons (Fsp3) is 0.817. The summed E-state index contributed by atoms with van der Waals surface area (Å²) in [5, 5.41) is 14.1. The van der Waals surface area contributed by atoms with Crippen LogP contribution in [0.1, 0.15) is 322 Å². The van der Waals surface area contributed by atoms with Crippen molar-refractivity contribution < 1.29 is 32.9 Å². The summed E-state index contributed by atoms with van der Waals surface area (Å²) in [5.74, 6) is -0.163. The van der Waals surface area contributed by atoms with Gasteiger partial charge in [0.25, 0.3) is 7.82 Å². The van der Waals surface area contributed by atoms with E-state index in [0.717, 1.165) is 77.0 Å². The predicted molar refractivity (Wildman–Crippen MR) is 348 cm³/mol. The summed E-state index contributed by atoms with van der Waals surface area (Å²) >= 11 is 0. The largest absolute Gasteiger partial charge is 0.756 e. The van der Waals surface area contributed by atoms with E-state index < -0.39 is 20.0 Å². The molecule has 0 spiro atoms. The number of unbranched alkanes of at least 4 members (excludes halogenated alkanes) is 38. The van der Waals surface area contributed by atoms with Crippen LogP contribution in [0.15, 0.2) is 72.9 Å². The molecule has 0 heterocycles. The van der Waals surface area contributed by atoms with Crippen molar-refractivity contribution in [1.82, 2.24) is 5.32 Å². The Morgan fingerprint density at radius 2 is 0.762 bits per heavy atom. The quantitative estimate of drug-likeness (QED) is 0.0272. The first kappa shape index (κ1) is 77.9. The summed E-state index contributed by atoms with van der Waals surface area (Å²) in [6, 6.07) is -0.805. The number of hydrogen-bond donors (Lipinski definition) is 2. The van der Waals surface area contributed by atoms with Gasteiger partial charge in [0.1, 0.15) is 13.2 Å². The van der Waals surface area contributed by atoms with Crippen molar-refractivity contribution in [2.45, 2.75) is 334 Å². The molecular weight excluding hydrogens is 1010 g/mol. The van der Waals surface area contributed by atoms with Gasteiger partial charge < -0.3 is 28.8 Å². The Morgan fingerprint density at radius 1 is 0.450 bits per heavy atom. The second-order valence-corrected chi connectivity index (χ2v) is 25.9. The number of phosphoric acid groups is 1. The van der Waals surface area contributed by atoms with Crippen molar-refractivity contribution in [2.75, 3.05) is 40.9 Å². The third-order valence-corrected chi connectivity index (χ3v) is 16.4. The van der Waals surface area contributed by atoms with E-state index in [9.17, 15) is 19.4 Å². The van der Waals surface area contributed by atoms with E-state index in [4.69, 9.17) is 9.05 Å². The Labute approximate surface area is 497 Å². The molecule has 0 aromatic carbocycles. The van der Waals surface area contributed by atoms with Crippen LogP contribution in [0.3, 0.4) is 0 Å². The zero-order valence-electron chi connectivity index (χ0n) is 53.5. The van der Waals surface area contributed by atoms with Crippen LogP contribution in [0.25, 0.3) is 0 Å². The molecule has 468 valence electrons. The molecular formula is C71H133N2O6P. The third kappa shape index (κ3) is 63.5. The van der Waals surface area contributed by atoms with Gasteiger partial charge in [-0.05, 0) is 64.2 Å². The number of rotatable bonds is 63. The first-order chi connectivity index (χ1) is 39.0. The number of likely N-dealkylation sites (N-methyl/N-ethyl adjacent to an activating group) is 1. The molecule has 0 saturated heterocycles. The number of quaternary nitrogens is 1. The van der Waals surface area contributed by atoms with Crippen LogP contribution in [0.2, 0.25) is 0 Å². The van der Waals surface area contributed by atoms with E-state index in [2.05, 4.69) is 92.1 Å². The van der Waals surface area contributed by atoms with E-state index in [-0.39, 0.29) is 19.1 Å². The van der Waals surface area contributed by atoms with Crippen LogP contribution in [-0.4, -0.2) is 68.5 Å². The zero-order chi connectivity index (χ0) is 58.4. The smallest absolute Gasteiger partial charge is 0.268 e. The number of phosphoric ester groups is 1. The number of nitrogens with one attached hydrogen (secondary N) is 1. The first-order valence-corrected chi connectivity index (χ1v) is 35.7. The summed E-state index contributed by atoms with van der Waals surface area (Å²) < 4.78 is 23.5. The van der Waals surface area contributed by atoms with Gasteiger partial charge in [0.15, 0.2) is 0 Å². The highest BCUT2D eigenvalue weighted by Gasteiger charge is 2.24. The van der Waals surface area contributed by atoms with Crippen molar-refractivity contribution in [3.05, 3.63) is 72.9 Å². The highest BCUT2D eigenvalue weighted by atomic mass is 31.2. The third-order valence-electron chi connectivity index (χ3n) is 15.5. The molecule has 0 bridgehead atoms. The number of carbonyl (C=O) groups is 1. The van der Waals surface area contributed by atoms with E-state index in [1.807, 2.05) is 21.1 Å². The van der Waals surface area contributed by atoms with E-state index in [1.54, 1.807) is 0 Å². The Hall–Kier alpha value is -2.06. The number of amides is 1. The monoisotopic (exact) mass is 1140 g/mol. The van der Waals surface area contributed by atoms with Crippen LogP contribution < -0.4 is 10.2 Å². The highest BCUT2D eigenvalue weighted by Crippen LogP contribution is 2.38. The summed E-state index contributed by atoms with van der Waals surface area (Å²) in [6.07, 6.45) is 85.4. The Morgan fingerprint density at radius 3 is 1.11 bits per heavy atom. The lowest BCUT2D eigenvalue weighted by Crippen LogP contribution is -2.46. The minimum atomic E-state index is -4.58. The van der Waals surface area contributed by atoms with Gasteiger partial charge in [0.05, 0.1) is 39.9 Å². The zero-order valence-corrected chi connectivity index (χ0v) is 54.4. The van der Waals surface area contributed by atoms with Crippen molar-refractivity contribution in [3.8, 4) is 0 Å². The van der Waals surface area contributed by atoms with Gasteiger partial charge in [0.2, 0.25) is 5.91 Å². The lowest BCUT2D eigenvalue weighted by atomic mass is 10.0. The van der Waals surface area contributed by atoms with Crippen LogP contribution in [0.4, 0.5) is 0 Å². The van der Waals surface area contributed by atoms with Gasteiger partial charge in [-0.15, -0.1) is 0 Å². The minimum Gasteiger partial charge on any atom is -0.756 e. The van der Waals surface area contributed by atoms with Crippen LogP contribution >= 0.6 is 7.82 Å². The number of carbonyl (C=O) groups excluding carboxylic acids is 1. The molecule has 3 unspecified atom stereocenters. The maximum absolute atomic E-state index is 13.1. The Balaban J connectivity index is 4.05. The summed E-state index contributed by atoms with van der Waals surface area (Å²) in [4.78, 5) is 25.7. The van der Waals surface area contributed by atoms with Crippen molar-refractivity contribution in [1.29, 1.82) is 0 Å². The Bertz CT molecular complexity index is 1530. The fourth-order valence-corrected chi connectivity index (χ4v) is 10.9. The molecule has 0 aliphatic heterocycles. The van der Waals surface area contributed by atoms with E-state index in [1.165, 1.54) is 218 Å². The standard InChI is InChI=1S/C71H133N2O6P/c1-6-8-10-12-14-16-18-20-22-24-26-28-30-32-33-34-35-36-37-38-39-41-43-45-47-49-51-53-55-57-59-61-63-65-71(75)72-69(68-79-80(76,77)78-67-66-73(3,4)5)70(74)64-62-60-58-56-54-52-50-48-46-44-42-40-31-29-27-25-23-21-19-17-15-13-11-9-7-2/h8,10,14,16,20,22,26,28,32-33,35-36,69-70,74H,6-7,9,11-13,15,17-19,21,23-25,27,29-31,34,37-68H2,1-5H3,(H-,72,75,76,77)/b10-8-,16-14-,22-20-,28-26-,33-32-,36-35-. The lowest BCUT2D eigenvalue weighted by Gasteiger charge is -2.30. The molecule has 1 amide bonds. The molecule has 0 aliphatic carbocycles. The molecule has 0 fully saturated rings. The molecule has 0 rings (SSSR count). The highest BCUT2D eigenvalue weighted by molar-refractivity contribution is 7.45. The molecule has 2 N–H and O–H groups in total. The summed E-state index contributed by atoms with van der Waals surface area (Å²) in [6.45, 7) is 4.65. The van der Waals surface area contributed by atoms with Gasteiger partial charge >= 0.3 is 0 Å². The Kier molecular flexibility index (Phi) is 59.9. The van der Waals surface area contributed by atoms with Gasteiger partial charge in [-0.25, -0.2) is 0 Å². The van der Waals surface area contributed by atoms with E-state index >= 15 is 0 Å². The molecule has 3 atom stereocenters. The second kappa shape index (κ2) is 61.5. The second-order valence-electron chi connectivity index (χ2n) is 24.5. The molecule has 0 saturated carbocycles. The SMILES string of the molecule is CC/C=C\C/C=C\C/C=C\C/C=C\C/C=C\C/C=C\CCCCCCCCCCCCCCCCC(=O)NC(COP(=O)([O-])OCC[N+](C)(C)C)C(O)CCCCCCCCCCCCCCCCCCCCCCCCCCC. The molecule has 0 aliphatic rings. The first-order valence-electron chi connectivity index (χ1n) is 34.3.